The van der Waals surface area contributed by atoms with Crippen molar-refractivity contribution in [2.45, 2.75) is 38.3 Å². The number of thiophene rings is 1. The van der Waals surface area contributed by atoms with E-state index >= 15 is 0 Å². The molecule has 1 aromatic rings. The summed E-state index contributed by atoms with van der Waals surface area (Å²) < 4.78 is 0. The van der Waals surface area contributed by atoms with Crippen LogP contribution in [0.1, 0.15) is 31.2 Å². The standard InChI is InChI=1S/C12H15NO3S/c14-11(3-4-12(15)16)13(10-1-2-10)7-9-5-6-17-8-9/h5-6,8,10H,1-4,7H2,(H,15,16). The van der Waals surface area contributed by atoms with Crippen molar-refractivity contribution < 1.29 is 14.7 Å². The van der Waals surface area contributed by atoms with Crippen molar-refractivity contribution in [1.82, 2.24) is 4.90 Å². The maximum absolute atomic E-state index is 11.9. The SMILES string of the molecule is O=C(O)CCC(=O)N(Cc1ccsc1)C1CC1. The van der Waals surface area contributed by atoms with Gasteiger partial charge >= 0.3 is 5.97 Å². The highest BCUT2D eigenvalue weighted by atomic mass is 32.1. The highest BCUT2D eigenvalue weighted by Crippen LogP contribution is 2.29. The average molecular weight is 253 g/mol. The van der Waals surface area contributed by atoms with E-state index in [9.17, 15) is 9.59 Å². The van der Waals surface area contributed by atoms with Gasteiger partial charge in [-0.25, -0.2) is 0 Å². The van der Waals surface area contributed by atoms with Gasteiger partial charge in [0.05, 0.1) is 6.42 Å². The van der Waals surface area contributed by atoms with Crippen LogP contribution in [0.4, 0.5) is 0 Å². The number of carboxylic acids is 1. The van der Waals surface area contributed by atoms with Crippen molar-refractivity contribution >= 4 is 23.2 Å². The minimum absolute atomic E-state index is 0.0406. The lowest BCUT2D eigenvalue weighted by atomic mass is 10.2. The number of aliphatic carboxylic acids is 1. The van der Waals surface area contributed by atoms with Gasteiger partial charge in [0.2, 0.25) is 5.91 Å². The van der Waals surface area contributed by atoms with E-state index in [2.05, 4.69) is 0 Å². The minimum Gasteiger partial charge on any atom is -0.481 e. The highest BCUT2D eigenvalue weighted by Gasteiger charge is 2.32. The molecule has 17 heavy (non-hydrogen) atoms. The smallest absolute Gasteiger partial charge is 0.303 e. The van der Waals surface area contributed by atoms with Gasteiger partial charge in [-0.2, -0.15) is 11.3 Å². The van der Waals surface area contributed by atoms with Crippen molar-refractivity contribution in [3.63, 3.8) is 0 Å². The zero-order valence-corrected chi connectivity index (χ0v) is 10.3. The second-order valence-electron chi connectivity index (χ2n) is 4.28. The third kappa shape index (κ3) is 3.56. The van der Waals surface area contributed by atoms with Gasteiger partial charge in [0.15, 0.2) is 0 Å². The summed E-state index contributed by atoms with van der Waals surface area (Å²) in [4.78, 5) is 24.2. The molecule has 1 fully saturated rings. The van der Waals surface area contributed by atoms with Crippen molar-refractivity contribution in [2.24, 2.45) is 0 Å². The molecule has 92 valence electrons. The quantitative estimate of drug-likeness (QED) is 0.844. The Morgan fingerprint density at radius 3 is 2.71 bits per heavy atom. The first-order valence-corrected chi connectivity index (χ1v) is 6.63. The number of carbonyl (C=O) groups is 2. The summed E-state index contributed by atoms with van der Waals surface area (Å²) in [6.07, 6.45) is 2.12. The molecule has 1 amide bonds. The Hall–Kier alpha value is -1.36. The Kier molecular flexibility index (Phi) is 3.78. The van der Waals surface area contributed by atoms with Gasteiger partial charge in [0.25, 0.3) is 0 Å². The van der Waals surface area contributed by atoms with Gasteiger partial charge in [-0.3, -0.25) is 9.59 Å². The Labute approximate surface area is 104 Å². The predicted molar refractivity (Wildman–Crippen MR) is 64.8 cm³/mol. The first kappa shape index (κ1) is 12.1. The molecule has 2 rings (SSSR count). The second kappa shape index (κ2) is 5.31. The predicted octanol–water partition coefficient (Wildman–Crippen LogP) is 2.10. The molecule has 0 aromatic carbocycles. The fourth-order valence-electron chi connectivity index (χ4n) is 1.74. The molecule has 0 atom stereocenters. The molecule has 0 unspecified atom stereocenters. The van der Waals surface area contributed by atoms with Crippen LogP contribution < -0.4 is 0 Å². The first-order chi connectivity index (χ1) is 8.16. The summed E-state index contributed by atoms with van der Waals surface area (Å²) in [5, 5.41) is 12.6. The molecule has 4 nitrogen and oxygen atoms in total. The van der Waals surface area contributed by atoms with Gasteiger partial charge in [-0.05, 0) is 35.2 Å². The number of hydrogen-bond acceptors (Lipinski definition) is 3. The minimum atomic E-state index is -0.912. The largest absolute Gasteiger partial charge is 0.481 e. The number of rotatable bonds is 6. The second-order valence-corrected chi connectivity index (χ2v) is 5.06. The van der Waals surface area contributed by atoms with Gasteiger partial charge in [0.1, 0.15) is 0 Å². The van der Waals surface area contributed by atoms with Crippen LogP contribution in [-0.2, 0) is 16.1 Å². The third-order valence-electron chi connectivity index (χ3n) is 2.79. The molecule has 0 saturated heterocycles. The van der Waals surface area contributed by atoms with Crippen molar-refractivity contribution in [3.8, 4) is 0 Å². The van der Waals surface area contributed by atoms with Crippen LogP contribution in [0.15, 0.2) is 16.8 Å². The van der Waals surface area contributed by atoms with E-state index in [1.165, 1.54) is 0 Å². The van der Waals surface area contributed by atoms with Crippen LogP contribution >= 0.6 is 11.3 Å². The molecule has 0 aliphatic heterocycles. The first-order valence-electron chi connectivity index (χ1n) is 5.69. The van der Waals surface area contributed by atoms with Gasteiger partial charge in [-0.1, -0.05) is 0 Å². The molecule has 1 aliphatic rings. The number of carbonyl (C=O) groups excluding carboxylic acids is 1. The monoisotopic (exact) mass is 253 g/mol. The average Bonchev–Trinajstić information content (AvgIpc) is 3.00. The van der Waals surface area contributed by atoms with Crippen LogP contribution in [0, 0.1) is 0 Å². The van der Waals surface area contributed by atoms with Crippen LogP contribution in [0.5, 0.6) is 0 Å². The summed E-state index contributed by atoms with van der Waals surface area (Å²) in [5.41, 5.74) is 1.13. The third-order valence-corrected chi connectivity index (χ3v) is 3.53. The summed E-state index contributed by atoms with van der Waals surface area (Å²) in [7, 11) is 0. The fourth-order valence-corrected chi connectivity index (χ4v) is 2.40. The zero-order chi connectivity index (χ0) is 12.3. The van der Waals surface area contributed by atoms with Crippen molar-refractivity contribution in [1.29, 1.82) is 0 Å². The molecule has 1 aromatic heterocycles. The molecule has 0 bridgehead atoms. The lowest BCUT2D eigenvalue weighted by Crippen LogP contribution is -2.32. The van der Waals surface area contributed by atoms with Crippen LogP contribution in [0.3, 0.4) is 0 Å². The van der Waals surface area contributed by atoms with Crippen LogP contribution in [0.2, 0.25) is 0 Å². The maximum atomic E-state index is 11.9. The fraction of sp³-hybridized carbons (Fsp3) is 0.500. The van der Waals surface area contributed by atoms with E-state index in [1.807, 2.05) is 21.7 Å². The molecule has 1 heterocycles. The van der Waals surface area contributed by atoms with E-state index in [0.717, 1.165) is 18.4 Å². The topological polar surface area (TPSA) is 57.6 Å². The van der Waals surface area contributed by atoms with E-state index in [0.29, 0.717) is 12.6 Å². The molecular weight excluding hydrogens is 238 g/mol. The van der Waals surface area contributed by atoms with Crippen molar-refractivity contribution in [3.05, 3.63) is 22.4 Å². The molecule has 0 radical (unpaired) electrons. The molecule has 5 heteroatoms. The van der Waals surface area contributed by atoms with Gasteiger partial charge in [-0.15, -0.1) is 0 Å². The van der Waals surface area contributed by atoms with Gasteiger partial charge in [0, 0.05) is 19.0 Å². The summed E-state index contributed by atoms with van der Waals surface area (Å²) in [6.45, 7) is 0.618. The van der Waals surface area contributed by atoms with Crippen LogP contribution in [0.25, 0.3) is 0 Å². The number of carboxylic acid groups (broad SMARTS) is 1. The van der Waals surface area contributed by atoms with E-state index in [4.69, 9.17) is 5.11 Å². The lowest BCUT2D eigenvalue weighted by Gasteiger charge is -2.21. The zero-order valence-electron chi connectivity index (χ0n) is 9.46. The molecule has 0 spiro atoms. The Morgan fingerprint density at radius 2 is 2.18 bits per heavy atom. The maximum Gasteiger partial charge on any atom is 0.303 e. The molecular formula is C12H15NO3S. The summed E-state index contributed by atoms with van der Waals surface area (Å²) in [6, 6.07) is 2.33. The highest BCUT2D eigenvalue weighted by molar-refractivity contribution is 7.07. The Balaban J connectivity index is 1.92. The molecule has 1 aliphatic carbocycles. The van der Waals surface area contributed by atoms with Gasteiger partial charge < -0.3 is 10.0 Å². The Bertz CT molecular complexity index is 398. The summed E-state index contributed by atoms with van der Waals surface area (Å²) in [5.74, 6) is -0.953. The van der Waals surface area contributed by atoms with Crippen molar-refractivity contribution in [2.75, 3.05) is 0 Å². The summed E-state index contributed by atoms with van der Waals surface area (Å²) >= 11 is 1.61. The van der Waals surface area contributed by atoms with E-state index < -0.39 is 5.97 Å². The van der Waals surface area contributed by atoms with Crippen LogP contribution in [-0.4, -0.2) is 27.9 Å². The van der Waals surface area contributed by atoms with E-state index in [1.54, 1.807) is 11.3 Å². The molecule has 1 saturated carbocycles. The number of amides is 1. The number of hydrogen-bond donors (Lipinski definition) is 1. The Morgan fingerprint density at radius 1 is 1.41 bits per heavy atom. The molecule has 1 N–H and O–H groups in total. The van der Waals surface area contributed by atoms with E-state index in [-0.39, 0.29) is 18.7 Å². The normalized spacial score (nSPS) is 14.6. The lowest BCUT2D eigenvalue weighted by molar-refractivity contribution is -0.141. The number of nitrogens with zero attached hydrogens (tertiary/aromatic N) is 1.